The summed E-state index contributed by atoms with van der Waals surface area (Å²) in [6.45, 7) is 11.3. The summed E-state index contributed by atoms with van der Waals surface area (Å²) < 4.78 is 0. The molecule has 2 heteroatoms. The van der Waals surface area contributed by atoms with Gasteiger partial charge in [0.15, 0.2) is 0 Å². The van der Waals surface area contributed by atoms with Gasteiger partial charge in [-0.25, -0.2) is 0 Å². The smallest absolute Gasteiger partial charge is 0.0163 e. The van der Waals surface area contributed by atoms with E-state index in [0.29, 0.717) is 12.1 Å². The van der Waals surface area contributed by atoms with E-state index in [0.717, 1.165) is 13.1 Å². The standard InChI is InChI=1S/C10H24N2/c1-6-10(4)12(7-2)8-9(3)11-5/h9-11H,6-8H2,1-5H3. The summed E-state index contributed by atoms with van der Waals surface area (Å²) in [5.74, 6) is 0. The first kappa shape index (κ1) is 11.9. The zero-order valence-corrected chi connectivity index (χ0v) is 9.22. The Labute approximate surface area is 77.3 Å². The summed E-state index contributed by atoms with van der Waals surface area (Å²) in [6, 6.07) is 1.31. The molecule has 0 aromatic carbocycles. The maximum Gasteiger partial charge on any atom is 0.0163 e. The Morgan fingerprint density at radius 3 is 2.17 bits per heavy atom. The van der Waals surface area contributed by atoms with E-state index in [-0.39, 0.29) is 0 Å². The maximum absolute atomic E-state index is 3.27. The first-order chi connectivity index (χ1) is 5.65. The van der Waals surface area contributed by atoms with Gasteiger partial charge in [-0.3, -0.25) is 4.90 Å². The summed E-state index contributed by atoms with van der Waals surface area (Å²) in [7, 11) is 2.02. The van der Waals surface area contributed by atoms with E-state index in [1.54, 1.807) is 0 Å². The predicted octanol–water partition coefficient (Wildman–Crippen LogP) is 1.71. The number of rotatable bonds is 6. The molecule has 0 radical (unpaired) electrons. The van der Waals surface area contributed by atoms with Crippen molar-refractivity contribution in [1.29, 1.82) is 0 Å². The zero-order chi connectivity index (χ0) is 9.56. The second kappa shape index (κ2) is 6.44. The third kappa shape index (κ3) is 4.07. The Morgan fingerprint density at radius 2 is 1.83 bits per heavy atom. The van der Waals surface area contributed by atoms with Crippen molar-refractivity contribution in [2.45, 2.75) is 46.2 Å². The lowest BCUT2D eigenvalue weighted by molar-refractivity contribution is 0.198. The predicted molar refractivity (Wildman–Crippen MR) is 55.5 cm³/mol. The van der Waals surface area contributed by atoms with Crippen LogP contribution in [0.15, 0.2) is 0 Å². The van der Waals surface area contributed by atoms with Crippen LogP contribution in [0.3, 0.4) is 0 Å². The molecule has 2 unspecified atom stereocenters. The van der Waals surface area contributed by atoms with Gasteiger partial charge in [0.2, 0.25) is 0 Å². The van der Waals surface area contributed by atoms with Crippen molar-refractivity contribution in [3.05, 3.63) is 0 Å². The molecular formula is C10H24N2. The Morgan fingerprint density at radius 1 is 1.25 bits per heavy atom. The van der Waals surface area contributed by atoms with Crippen molar-refractivity contribution in [2.75, 3.05) is 20.1 Å². The lowest BCUT2D eigenvalue weighted by Crippen LogP contribution is -2.41. The highest BCUT2D eigenvalue weighted by atomic mass is 15.2. The molecule has 0 saturated heterocycles. The molecule has 12 heavy (non-hydrogen) atoms. The minimum Gasteiger partial charge on any atom is -0.316 e. The van der Waals surface area contributed by atoms with Crippen molar-refractivity contribution in [3.8, 4) is 0 Å². The fraction of sp³-hybridized carbons (Fsp3) is 1.00. The maximum atomic E-state index is 3.27. The Kier molecular flexibility index (Phi) is 6.39. The van der Waals surface area contributed by atoms with E-state index < -0.39 is 0 Å². The number of nitrogens with one attached hydrogen (secondary N) is 1. The van der Waals surface area contributed by atoms with Crippen molar-refractivity contribution in [2.24, 2.45) is 0 Å². The second-order valence-corrected chi connectivity index (χ2v) is 3.53. The first-order valence-electron chi connectivity index (χ1n) is 5.06. The number of nitrogens with zero attached hydrogens (tertiary/aromatic N) is 1. The highest BCUT2D eigenvalue weighted by Gasteiger charge is 2.11. The number of hydrogen-bond donors (Lipinski definition) is 1. The van der Waals surface area contributed by atoms with Crippen LogP contribution in [-0.4, -0.2) is 37.1 Å². The topological polar surface area (TPSA) is 15.3 Å². The molecule has 0 aromatic rings. The molecule has 0 saturated carbocycles. The molecule has 0 aliphatic heterocycles. The van der Waals surface area contributed by atoms with Crippen LogP contribution in [0.25, 0.3) is 0 Å². The van der Waals surface area contributed by atoms with Gasteiger partial charge in [0.05, 0.1) is 0 Å². The Balaban J connectivity index is 3.81. The SMILES string of the molecule is CCC(C)N(CC)CC(C)NC. The van der Waals surface area contributed by atoms with E-state index in [1.807, 2.05) is 7.05 Å². The van der Waals surface area contributed by atoms with Gasteiger partial charge in [0.25, 0.3) is 0 Å². The minimum atomic E-state index is 0.596. The van der Waals surface area contributed by atoms with Crippen LogP contribution in [-0.2, 0) is 0 Å². The van der Waals surface area contributed by atoms with Gasteiger partial charge in [-0.05, 0) is 33.9 Å². The highest BCUT2D eigenvalue weighted by Crippen LogP contribution is 2.03. The van der Waals surface area contributed by atoms with Crippen molar-refractivity contribution in [3.63, 3.8) is 0 Å². The molecule has 2 nitrogen and oxygen atoms in total. The number of likely N-dealkylation sites (N-methyl/N-ethyl adjacent to an activating group) is 2. The van der Waals surface area contributed by atoms with Crippen molar-refractivity contribution in [1.82, 2.24) is 10.2 Å². The fourth-order valence-electron chi connectivity index (χ4n) is 1.32. The van der Waals surface area contributed by atoms with Crippen LogP contribution in [0.5, 0.6) is 0 Å². The average Bonchev–Trinajstić information content (AvgIpc) is 2.12. The van der Waals surface area contributed by atoms with Crippen LogP contribution in [0, 0.1) is 0 Å². The van der Waals surface area contributed by atoms with Gasteiger partial charge in [-0.1, -0.05) is 13.8 Å². The molecule has 0 amide bonds. The van der Waals surface area contributed by atoms with Gasteiger partial charge < -0.3 is 5.32 Å². The van der Waals surface area contributed by atoms with Crippen molar-refractivity contribution < 1.29 is 0 Å². The second-order valence-electron chi connectivity index (χ2n) is 3.53. The lowest BCUT2D eigenvalue weighted by Gasteiger charge is -2.29. The summed E-state index contributed by atoms with van der Waals surface area (Å²) in [5.41, 5.74) is 0. The molecule has 2 atom stereocenters. The van der Waals surface area contributed by atoms with E-state index in [2.05, 4.69) is 37.9 Å². The van der Waals surface area contributed by atoms with Crippen LogP contribution in [0.4, 0.5) is 0 Å². The molecule has 0 aliphatic carbocycles. The molecule has 0 aliphatic rings. The summed E-state index contributed by atoms with van der Waals surface area (Å²) >= 11 is 0. The summed E-state index contributed by atoms with van der Waals surface area (Å²) in [5, 5.41) is 3.27. The van der Waals surface area contributed by atoms with Gasteiger partial charge in [-0.15, -0.1) is 0 Å². The fourth-order valence-corrected chi connectivity index (χ4v) is 1.32. The van der Waals surface area contributed by atoms with Gasteiger partial charge in [-0.2, -0.15) is 0 Å². The normalized spacial score (nSPS) is 16.5. The van der Waals surface area contributed by atoms with E-state index in [1.165, 1.54) is 6.42 Å². The van der Waals surface area contributed by atoms with E-state index in [9.17, 15) is 0 Å². The van der Waals surface area contributed by atoms with Crippen molar-refractivity contribution >= 4 is 0 Å². The molecule has 1 N–H and O–H groups in total. The summed E-state index contributed by atoms with van der Waals surface area (Å²) in [6.07, 6.45) is 1.24. The Hall–Kier alpha value is -0.0800. The minimum absolute atomic E-state index is 0.596. The molecule has 0 heterocycles. The molecular weight excluding hydrogens is 148 g/mol. The highest BCUT2D eigenvalue weighted by molar-refractivity contribution is 4.69. The van der Waals surface area contributed by atoms with Gasteiger partial charge >= 0.3 is 0 Å². The van der Waals surface area contributed by atoms with Gasteiger partial charge in [0.1, 0.15) is 0 Å². The van der Waals surface area contributed by atoms with Crippen LogP contribution >= 0.6 is 0 Å². The van der Waals surface area contributed by atoms with E-state index >= 15 is 0 Å². The third-order valence-electron chi connectivity index (χ3n) is 2.62. The summed E-state index contributed by atoms with van der Waals surface area (Å²) in [4.78, 5) is 2.52. The zero-order valence-electron chi connectivity index (χ0n) is 9.22. The first-order valence-corrected chi connectivity index (χ1v) is 5.06. The Bertz CT molecular complexity index is 104. The molecule has 74 valence electrons. The lowest BCUT2D eigenvalue weighted by atomic mass is 10.2. The largest absolute Gasteiger partial charge is 0.316 e. The monoisotopic (exact) mass is 172 g/mol. The third-order valence-corrected chi connectivity index (χ3v) is 2.62. The molecule has 0 rings (SSSR count). The number of hydrogen-bond acceptors (Lipinski definition) is 2. The van der Waals surface area contributed by atoms with Crippen LogP contribution < -0.4 is 5.32 Å². The molecule has 0 spiro atoms. The van der Waals surface area contributed by atoms with Gasteiger partial charge in [0, 0.05) is 18.6 Å². The molecule has 0 bridgehead atoms. The van der Waals surface area contributed by atoms with Crippen LogP contribution in [0.1, 0.15) is 34.1 Å². The quantitative estimate of drug-likeness (QED) is 0.656. The molecule has 0 aromatic heterocycles. The van der Waals surface area contributed by atoms with Crippen LogP contribution in [0.2, 0.25) is 0 Å². The van der Waals surface area contributed by atoms with E-state index in [4.69, 9.17) is 0 Å². The average molecular weight is 172 g/mol. The molecule has 0 fully saturated rings.